The van der Waals surface area contributed by atoms with Crippen molar-refractivity contribution in [2.75, 3.05) is 13.1 Å². The van der Waals surface area contributed by atoms with Crippen molar-refractivity contribution in [1.29, 1.82) is 0 Å². The largest absolute Gasteiger partial charge is 0.381 e. The summed E-state index contributed by atoms with van der Waals surface area (Å²) in [5, 5.41) is 3.37. The Labute approximate surface area is 179 Å². The number of amides is 1. The quantitative estimate of drug-likeness (QED) is 0.366. The Morgan fingerprint density at radius 1 is 1.21 bits per heavy atom. The van der Waals surface area contributed by atoms with Gasteiger partial charge in [-0.2, -0.15) is 12.8 Å². The molecule has 1 amide bonds. The summed E-state index contributed by atoms with van der Waals surface area (Å²) in [5.74, 6) is 0. The van der Waals surface area contributed by atoms with Gasteiger partial charge in [-0.05, 0) is 46.9 Å². The van der Waals surface area contributed by atoms with Crippen LogP contribution in [-0.4, -0.2) is 29.9 Å². The van der Waals surface area contributed by atoms with E-state index >= 15 is 0 Å². The Morgan fingerprint density at radius 2 is 1.71 bits per heavy atom. The van der Waals surface area contributed by atoms with Crippen molar-refractivity contribution in [3.05, 3.63) is 50.4 Å². The van der Waals surface area contributed by atoms with E-state index in [-0.39, 0.29) is 48.6 Å². The third-order valence-corrected chi connectivity index (χ3v) is 2.63. The minimum Gasteiger partial charge on any atom is -0.381 e. The Kier molecular flexibility index (Phi) is 27.2. The van der Waals surface area contributed by atoms with Crippen LogP contribution in [0.1, 0.15) is 54.4 Å². The molecular formula is C20H38LaN2O-2. The maximum Gasteiger partial charge on any atom is 0.209 e. The monoisotopic (exact) mass is 461 g/mol. The molecule has 1 saturated heterocycles. The predicted molar refractivity (Wildman–Crippen MR) is 105 cm³/mol. The molecule has 4 heteroatoms. The molecule has 0 spiro atoms. The summed E-state index contributed by atoms with van der Waals surface area (Å²) < 4.78 is 0. The van der Waals surface area contributed by atoms with Crippen molar-refractivity contribution in [2.24, 2.45) is 0 Å². The van der Waals surface area contributed by atoms with Crippen molar-refractivity contribution in [3.63, 3.8) is 0 Å². The molecule has 0 saturated carbocycles. The van der Waals surface area contributed by atoms with Crippen LogP contribution in [-0.2, 0) is 4.79 Å². The van der Waals surface area contributed by atoms with Gasteiger partial charge < -0.3 is 24.1 Å². The maximum atomic E-state index is 10.1. The van der Waals surface area contributed by atoms with Crippen LogP contribution in [0.5, 0.6) is 0 Å². The molecular weight excluding hydrogens is 423 g/mol. The SMILES string of the molecule is C=C/C=C\C(=C/C)NC(C)(C)C.CC.O=CN1CC[CH-]CC1.[CH3-].[La]. The average Bonchev–Trinajstić information content (AvgIpc) is 2.53. The van der Waals surface area contributed by atoms with Crippen molar-refractivity contribution in [1.82, 2.24) is 10.2 Å². The summed E-state index contributed by atoms with van der Waals surface area (Å²) in [5.41, 5.74) is 1.25. The molecule has 1 radical (unpaired) electrons. The summed E-state index contributed by atoms with van der Waals surface area (Å²) in [7, 11) is 0. The van der Waals surface area contributed by atoms with Gasteiger partial charge in [0.25, 0.3) is 0 Å². The third kappa shape index (κ3) is 21.7. The number of hydrogen-bond acceptors (Lipinski definition) is 2. The van der Waals surface area contributed by atoms with Crippen LogP contribution < -0.4 is 5.32 Å². The van der Waals surface area contributed by atoms with Crippen LogP contribution >= 0.6 is 0 Å². The van der Waals surface area contributed by atoms with E-state index in [1.807, 2.05) is 39.0 Å². The topological polar surface area (TPSA) is 32.3 Å². The normalized spacial score (nSPS) is 13.9. The number of carbonyl (C=O) groups is 1. The number of nitrogens with zero attached hydrogens (tertiary/aromatic N) is 1. The van der Waals surface area contributed by atoms with Gasteiger partial charge in [-0.3, -0.25) is 4.79 Å². The molecule has 0 unspecified atom stereocenters. The number of allylic oxidation sites excluding steroid dienone is 4. The molecule has 0 atom stereocenters. The second-order valence-electron chi connectivity index (χ2n) is 5.72. The van der Waals surface area contributed by atoms with E-state index in [2.05, 4.69) is 39.1 Å². The van der Waals surface area contributed by atoms with Crippen LogP contribution in [0.15, 0.2) is 36.6 Å². The number of carbonyl (C=O) groups excluding carboxylic acids is 1. The molecule has 0 aliphatic carbocycles. The molecule has 1 N–H and O–H groups in total. The van der Waals surface area contributed by atoms with Gasteiger partial charge in [-0.15, -0.1) is 0 Å². The molecule has 1 heterocycles. The molecule has 139 valence electrons. The van der Waals surface area contributed by atoms with E-state index in [0.29, 0.717) is 0 Å². The molecule has 1 aliphatic rings. The maximum absolute atomic E-state index is 10.1. The van der Waals surface area contributed by atoms with E-state index in [4.69, 9.17) is 0 Å². The standard InChI is InChI=1S/C11H19N.C6H10NO.C2H6.CH3.La/c1-6-8-9-10(7-2)12-11(3,4)5;8-6-7-4-2-1-3-5-7;1-2;;/h6-9,12H,1H2,2-5H3;1,6H,2-5H2;1-2H3;1H3;/q;-1;;-1;/b9-8-,10-7+;;;;. The minimum absolute atomic E-state index is 0. The fourth-order valence-electron chi connectivity index (χ4n) is 1.69. The van der Waals surface area contributed by atoms with Gasteiger partial charge in [0, 0.05) is 46.8 Å². The number of rotatable bonds is 4. The van der Waals surface area contributed by atoms with Gasteiger partial charge in [0.15, 0.2) is 0 Å². The van der Waals surface area contributed by atoms with Crippen LogP contribution in [0.3, 0.4) is 0 Å². The van der Waals surface area contributed by atoms with Crippen LogP contribution in [0.4, 0.5) is 0 Å². The number of piperidine rings is 1. The van der Waals surface area contributed by atoms with Gasteiger partial charge in [0.05, 0.1) is 0 Å². The van der Waals surface area contributed by atoms with E-state index in [0.717, 1.165) is 38.0 Å². The summed E-state index contributed by atoms with van der Waals surface area (Å²) in [6, 6.07) is 0. The first kappa shape index (κ1) is 31.5. The Hall–Kier alpha value is -0.315. The van der Waals surface area contributed by atoms with Gasteiger partial charge in [0.2, 0.25) is 6.41 Å². The molecule has 1 aliphatic heterocycles. The van der Waals surface area contributed by atoms with Crippen LogP contribution in [0.25, 0.3) is 0 Å². The van der Waals surface area contributed by atoms with Gasteiger partial charge in [0.1, 0.15) is 0 Å². The van der Waals surface area contributed by atoms with E-state index in [9.17, 15) is 4.79 Å². The first-order valence-corrected chi connectivity index (χ1v) is 8.17. The van der Waals surface area contributed by atoms with E-state index < -0.39 is 0 Å². The fourth-order valence-corrected chi connectivity index (χ4v) is 1.69. The first-order chi connectivity index (χ1) is 10.4. The summed E-state index contributed by atoms with van der Waals surface area (Å²) >= 11 is 0. The molecule has 0 bridgehead atoms. The molecule has 1 fully saturated rings. The zero-order valence-electron chi connectivity index (χ0n) is 16.9. The molecule has 24 heavy (non-hydrogen) atoms. The average molecular weight is 461 g/mol. The van der Waals surface area contributed by atoms with Crippen molar-refractivity contribution < 1.29 is 40.4 Å². The van der Waals surface area contributed by atoms with Gasteiger partial charge in [-0.25, -0.2) is 0 Å². The molecule has 3 nitrogen and oxygen atoms in total. The molecule has 0 aromatic carbocycles. The number of likely N-dealkylation sites (tertiary alicyclic amines) is 1. The van der Waals surface area contributed by atoms with Gasteiger partial charge >= 0.3 is 0 Å². The zero-order chi connectivity index (χ0) is 17.4. The van der Waals surface area contributed by atoms with Crippen LogP contribution in [0.2, 0.25) is 0 Å². The molecule has 0 aromatic heterocycles. The second kappa shape index (κ2) is 20.7. The first-order valence-electron chi connectivity index (χ1n) is 8.17. The fraction of sp³-hybridized carbons (Fsp3) is 0.550. The zero-order valence-corrected chi connectivity index (χ0v) is 20.6. The second-order valence-corrected chi connectivity index (χ2v) is 5.72. The minimum atomic E-state index is 0. The number of nitrogens with one attached hydrogen (secondary N) is 1. The predicted octanol–water partition coefficient (Wildman–Crippen LogP) is 4.94. The van der Waals surface area contributed by atoms with Crippen molar-refractivity contribution in [2.45, 2.75) is 59.9 Å². The van der Waals surface area contributed by atoms with Crippen molar-refractivity contribution >= 4 is 6.41 Å². The number of hydrogen-bond donors (Lipinski definition) is 1. The molecule has 0 aromatic rings. The van der Waals surface area contributed by atoms with Crippen molar-refractivity contribution in [3.8, 4) is 0 Å². The van der Waals surface area contributed by atoms with Gasteiger partial charge in [-0.1, -0.05) is 38.7 Å². The summed E-state index contributed by atoms with van der Waals surface area (Å²) in [6.07, 6.45) is 13.0. The third-order valence-electron chi connectivity index (χ3n) is 2.63. The summed E-state index contributed by atoms with van der Waals surface area (Å²) in [6.45, 7) is 17.9. The smallest absolute Gasteiger partial charge is 0.209 e. The van der Waals surface area contributed by atoms with E-state index in [1.54, 1.807) is 11.0 Å². The summed E-state index contributed by atoms with van der Waals surface area (Å²) in [4.78, 5) is 11.9. The van der Waals surface area contributed by atoms with Crippen LogP contribution in [0, 0.1) is 49.4 Å². The molecule has 1 rings (SSSR count). The Bertz CT molecular complexity index is 338. The van der Waals surface area contributed by atoms with E-state index in [1.165, 1.54) is 0 Å². The Morgan fingerprint density at radius 3 is 2.00 bits per heavy atom. The Balaban J connectivity index is -0.000000146.